The van der Waals surface area contributed by atoms with Crippen molar-refractivity contribution in [2.24, 2.45) is 0 Å². The van der Waals surface area contributed by atoms with Gasteiger partial charge >= 0.3 is 0 Å². The summed E-state index contributed by atoms with van der Waals surface area (Å²) in [4.78, 5) is 20.6. The smallest absolute Gasteiger partial charge is 0.267 e. The van der Waals surface area contributed by atoms with E-state index in [1.54, 1.807) is 15.9 Å². The molecule has 0 bridgehead atoms. The molecule has 1 aliphatic rings. The van der Waals surface area contributed by atoms with E-state index in [4.69, 9.17) is 14.5 Å². The van der Waals surface area contributed by atoms with Gasteiger partial charge in [0.1, 0.15) is 17.5 Å². The normalized spacial score (nSPS) is 15.3. The molecule has 0 aliphatic carbocycles. The van der Waals surface area contributed by atoms with Gasteiger partial charge in [0.25, 0.3) is 5.56 Å². The molecule has 3 heterocycles. The number of benzene rings is 2. The molecule has 164 valence electrons. The predicted octanol–water partition coefficient (Wildman–Crippen LogP) is 5.61. The van der Waals surface area contributed by atoms with Crippen LogP contribution in [-0.4, -0.2) is 28.0 Å². The van der Waals surface area contributed by atoms with Crippen molar-refractivity contribution in [2.45, 2.75) is 39.0 Å². The molecule has 5 rings (SSSR count). The number of ether oxygens (including phenoxy) is 2. The quantitative estimate of drug-likeness (QED) is 0.290. The van der Waals surface area contributed by atoms with Gasteiger partial charge in [0.2, 0.25) is 0 Å². The summed E-state index contributed by atoms with van der Waals surface area (Å²) in [6.07, 6.45) is -0.124. The summed E-state index contributed by atoms with van der Waals surface area (Å²) in [6, 6.07) is 13.7. The number of nitrogens with zero attached hydrogens (tertiary/aromatic N) is 2. The summed E-state index contributed by atoms with van der Waals surface area (Å²) in [5, 5.41) is 1.39. The number of fused-ring (bicyclic) bond motifs is 2. The summed E-state index contributed by atoms with van der Waals surface area (Å²) < 4.78 is 13.8. The first-order valence-electron chi connectivity index (χ1n) is 10.5. The molecule has 1 aliphatic heterocycles. The van der Waals surface area contributed by atoms with Gasteiger partial charge in [0, 0.05) is 10.6 Å². The Hall–Kier alpha value is -2.77. The fraction of sp³-hybridized carbons (Fsp3) is 0.280. The summed E-state index contributed by atoms with van der Waals surface area (Å²) in [5.41, 5.74) is 4.09. The van der Waals surface area contributed by atoms with Gasteiger partial charge in [-0.3, -0.25) is 9.36 Å². The number of rotatable bonds is 4. The third-order valence-electron chi connectivity index (χ3n) is 5.95. The van der Waals surface area contributed by atoms with Crippen LogP contribution in [0.3, 0.4) is 0 Å². The zero-order chi connectivity index (χ0) is 22.4. The highest BCUT2D eigenvalue weighted by atomic mass is 32.2. The standard InChI is InChI=1S/C25H24N2O3S2/c1-14-8-7-9-19(15(14)2)27-24(28)22-16(3)17(4)32-23(22)26-25(27)31-13-18-12-29-20-10-5-6-11-21(20)30-18/h5-11,18H,12-13H2,1-4H3/t18-/m0/s1. The van der Waals surface area contributed by atoms with E-state index in [2.05, 4.69) is 19.9 Å². The fourth-order valence-corrected chi connectivity index (χ4v) is 5.92. The second kappa shape index (κ2) is 8.30. The molecule has 2 aromatic carbocycles. The van der Waals surface area contributed by atoms with Crippen molar-refractivity contribution in [2.75, 3.05) is 12.4 Å². The van der Waals surface area contributed by atoms with Gasteiger partial charge in [-0.25, -0.2) is 4.98 Å². The van der Waals surface area contributed by atoms with Crippen LogP contribution in [0.5, 0.6) is 11.5 Å². The highest BCUT2D eigenvalue weighted by Gasteiger charge is 2.24. The zero-order valence-corrected chi connectivity index (χ0v) is 20.1. The molecule has 0 N–H and O–H groups in total. The molecular weight excluding hydrogens is 440 g/mol. The predicted molar refractivity (Wildman–Crippen MR) is 131 cm³/mol. The Balaban J connectivity index is 1.56. The topological polar surface area (TPSA) is 53.4 Å². The Morgan fingerprint density at radius 3 is 2.66 bits per heavy atom. The monoisotopic (exact) mass is 464 g/mol. The molecule has 0 radical (unpaired) electrons. The molecular formula is C25H24N2O3S2. The molecule has 5 nitrogen and oxygen atoms in total. The molecule has 7 heteroatoms. The number of hydrogen-bond donors (Lipinski definition) is 0. The first-order valence-corrected chi connectivity index (χ1v) is 12.3. The number of para-hydroxylation sites is 2. The lowest BCUT2D eigenvalue weighted by Crippen LogP contribution is -2.31. The van der Waals surface area contributed by atoms with Crippen molar-refractivity contribution in [3.05, 3.63) is 74.4 Å². The molecule has 4 aromatic rings. The lowest BCUT2D eigenvalue weighted by Gasteiger charge is -2.26. The number of thiophene rings is 1. The zero-order valence-electron chi connectivity index (χ0n) is 18.5. The van der Waals surface area contributed by atoms with Crippen molar-refractivity contribution in [3.8, 4) is 17.2 Å². The van der Waals surface area contributed by atoms with Crippen LogP contribution in [0.4, 0.5) is 0 Å². The van der Waals surface area contributed by atoms with Gasteiger partial charge in [-0.05, 0) is 62.6 Å². The third kappa shape index (κ3) is 3.59. The Bertz CT molecular complexity index is 1390. The van der Waals surface area contributed by atoms with Crippen LogP contribution in [0.15, 0.2) is 52.4 Å². The molecule has 0 saturated heterocycles. The first kappa shape index (κ1) is 21.1. The van der Waals surface area contributed by atoms with Crippen LogP contribution in [0.2, 0.25) is 0 Å². The van der Waals surface area contributed by atoms with Crippen molar-refractivity contribution < 1.29 is 9.47 Å². The van der Waals surface area contributed by atoms with E-state index in [0.717, 1.165) is 43.6 Å². The highest BCUT2D eigenvalue weighted by Crippen LogP contribution is 2.34. The average molecular weight is 465 g/mol. The highest BCUT2D eigenvalue weighted by molar-refractivity contribution is 7.99. The fourth-order valence-electron chi connectivity index (χ4n) is 3.87. The minimum atomic E-state index is -0.124. The molecule has 32 heavy (non-hydrogen) atoms. The molecule has 2 aromatic heterocycles. The van der Waals surface area contributed by atoms with Gasteiger partial charge in [-0.2, -0.15) is 0 Å². The Morgan fingerprint density at radius 2 is 1.84 bits per heavy atom. The average Bonchev–Trinajstić information content (AvgIpc) is 3.08. The van der Waals surface area contributed by atoms with Crippen LogP contribution >= 0.6 is 23.1 Å². The van der Waals surface area contributed by atoms with Crippen molar-refractivity contribution in [1.82, 2.24) is 9.55 Å². The van der Waals surface area contributed by atoms with E-state index in [0.29, 0.717) is 22.9 Å². The molecule has 0 unspecified atom stereocenters. The number of aromatic nitrogens is 2. The SMILES string of the molecule is Cc1cccc(-n2c(SC[C@@H]3COc4ccccc4O3)nc3sc(C)c(C)c3c2=O)c1C. The summed E-state index contributed by atoms with van der Waals surface area (Å²) in [6.45, 7) is 8.63. The maximum Gasteiger partial charge on any atom is 0.267 e. The molecule has 1 atom stereocenters. The van der Waals surface area contributed by atoms with E-state index >= 15 is 0 Å². The van der Waals surface area contributed by atoms with Crippen LogP contribution in [0.1, 0.15) is 21.6 Å². The van der Waals surface area contributed by atoms with Crippen LogP contribution in [0, 0.1) is 27.7 Å². The van der Waals surface area contributed by atoms with E-state index < -0.39 is 0 Å². The van der Waals surface area contributed by atoms with Gasteiger partial charge in [0.15, 0.2) is 16.7 Å². The molecule has 0 fully saturated rings. The summed E-state index contributed by atoms with van der Waals surface area (Å²) in [5.74, 6) is 2.15. The largest absolute Gasteiger partial charge is 0.486 e. The minimum absolute atomic E-state index is 0.0146. The van der Waals surface area contributed by atoms with Crippen molar-refractivity contribution in [3.63, 3.8) is 0 Å². The van der Waals surface area contributed by atoms with Crippen molar-refractivity contribution >= 4 is 33.3 Å². The molecule has 0 saturated carbocycles. The van der Waals surface area contributed by atoms with Gasteiger partial charge in [-0.1, -0.05) is 36.0 Å². The summed E-state index contributed by atoms with van der Waals surface area (Å²) in [7, 11) is 0. The van der Waals surface area contributed by atoms with Gasteiger partial charge in [-0.15, -0.1) is 11.3 Å². The number of hydrogen-bond acceptors (Lipinski definition) is 6. The van der Waals surface area contributed by atoms with Crippen LogP contribution < -0.4 is 15.0 Å². The Morgan fingerprint density at radius 1 is 1.06 bits per heavy atom. The van der Waals surface area contributed by atoms with E-state index in [1.165, 1.54) is 11.8 Å². The second-order valence-electron chi connectivity index (χ2n) is 8.03. The Kier molecular flexibility index (Phi) is 5.47. The van der Waals surface area contributed by atoms with Crippen molar-refractivity contribution in [1.29, 1.82) is 0 Å². The van der Waals surface area contributed by atoms with E-state index in [1.807, 2.05) is 50.2 Å². The third-order valence-corrected chi connectivity index (χ3v) is 8.13. The lowest BCUT2D eigenvalue weighted by molar-refractivity contribution is 0.107. The first-order chi connectivity index (χ1) is 15.4. The maximum atomic E-state index is 13.7. The van der Waals surface area contributed by atoms with Gasteiger partial charge in [0.05, 0.1) is 11.1 Å². The molecule has 0 spiro atoms. The lowest BCUT2D eigenvalue weighted by atomic mass is 10.1. The summed E-state index contributed by atoms with van der Waals surface area (Å²) >= 11 is 3.11. The number of aryl methyl sites for hydroxylation is 3. The van der Waals surface area contributed by atoms with Crippen LogP contribution in [-0.2, 0) is 0 Å². The maximum absolute atomic E-state index is 13.7. The minimum Gasteiger partial charge on any atom is -0.486 e. The molecule has 0 amide bonds. The van der Waals surface area contributed by atoms with Gasteiger partial charge < -0.3 is 9.47 Å². The van der Waals surface area contributed by atoms with Crippen LogP contribution in [0.25, 0.3) is 15.9 Å². The second-order valence-corrected chi connectivity index (χ2v) is 10.2. The van der Waals surface area contributed by atoms with E-state index in [-0.39, 0.29) is 11.7 Å². The van der Waals surface area contributed by atoms with E-state index in [9.17, 15) is 4.79 Å². The Labute approximate surface area is 195 Å². The number of thioether (sulfide) groups is 1.